The van der Waals surface area contributed by atoms with E-state index in [4.69, 9.17) is 42.7 Å². The Kier molecular flexibility index (Phi) is 23.6. The van der Waals surface area contributed by atoms with Crippen LogP contribution in [-0.2, 0) is 58.7 Å². The molecule has 1 aliphatic carbocycles. The number of pyridine rings is 1. The van der Waals surface area contributed by atoms with Gasteiger partial charge in [-0.2, -0.15) is 0 Å². The van der Waals surface area contributed by atoms with Gasteiger partial charge in [-0.05, 0) is 84.2 Å². The SMILES string of the molecule is CC[C@H]1OC(=O)C[C@H]2OC/C(=N/OCCNCCc3ccccn3)COCCC(C[C@@H](C)C(=O)/C=C/C(C)=C/[C@@H]1CO[C@@H]1CC[C@@H](O)[C@@H](OC)[C@H]1OC)[C@H](O[C@@H]1O[C@H](C)[C@@H](O)[C@H](N(C)C)[C@H]1O)[C@H]2C. The summed E-state index contributed by atoms with van der Waals surface area (Å²) in [6.45, 7) is 11.5. The van der Waals surface area contributed by atoms with Crippen molar-refractivity contribution in [3.05, 3.63) is 53.9 Å². The zero-order valence-corrected chi connectivity index (χ0v) is 42.4. The molecule has 3 fully saturated rings. The summed E-state index contributed by atoms with van der Waals surface area (Å²) >= 11 is 0. The number of carbonyl (C=O) groups is 2. The third kappa shape index (κ3) is 16.7. The van der Waals surface area contributed by atoms with E-state index in [-0.39, 0.29) is 44.5 Å². The number of allylic oxidation sites excluding steroid dienone is 3. The Labute approximate surface area is 409 Å². The van der Waals surface area contributed by atoms with E-state index in [9.17, 15) is 24.9 Å². The number of ether oxygens (including phenoxy) is 8. The van der Waals surface area contributed by atoms with Crippen LogP contribution in [0, 0.1) is 23.7 Å². The summed E-state index contributed by atoms with van der Waals surface area (Å²) in [5, 5.41) is 41.2. The van der Waals surface area contributed by atoms with Gasteiger partial charge in [0, 0.05) is 70.0 Å². The van der Waals surface area contributed by atoms with Crippen molar-refractivity contribution in [1.29, 1.82) is 0 Å². The molecule has 1 saturated carbocycles. The molecule has 1 aromatic rings. The molecule has 390 valence electrons. The zero-order chi connectivity index (χ0) is 50.0. The summed E-state index contributed by atoms with van der Waals surface area (Å²) in [7, 11) is 6.67. The van der Waals surface area contributed by atoms with Crippen LogP contribution in [-0.4, -0.2) is 190 Å². The lowest BCUT2D eigenvalue weighted by Crippen LogP contribution is -2.63. The van der Waals surface area contributed by atoms with Crippen molar-refractivity contribution < 1.29 is 67.6 Å². The molecule has 4 heterocycles. The number of oxime groups is 1. The van der Waals surface area contributed by atoms with E-state index in [2.05, 4.69) is 15.5 Å². The van der Waals surface area contributed by atoms with Crippen LogP contribution >= 0.6 is 0 Å². The minimum absolute atomic E-state index is 0.0320. The maximum absolute atomic E-state index is 14.4. The smallest absolute Gasteiger partial charge is 0.308 e. The molecule has 0 radical (unpaired) electrons. The first-order valence-corrected chi connectivity index (χ1v) is 24.9. The van der Waals surface area contributed by atoms with Gasteiger partial charge in [0.2, 0.25) is 0 Å². The lowest BCUT2D eigenvalue weighted by Gasteiger charge is -2.47. The highest BCUT2D eigenvalue weighted by atomic mass is 16.7. The first-order chi connectivity index (χ1) is 33.1. The number of nitrogens with one attached hydrogen (secondary N) is 1. The zero-order valence-electron chi connectivity index (χ0n) is 42.4. The fourth-order valence-electron chi connectivity index (χ4n) is 9.99. The average Bonchev–Trinajstić information content (AvgIpc) is 3.35. The number of aromatic nitrogens is 1. The van der Waals surface area contributed by atoms with E-state index in [1.165, 1.54) is 7.11 Å². The van der Waals surface area contributed by atoms with Crippen molar-refractivity contribution >= 4 is 17.5 Å². The number of esters is 1. The number of methoxy groups -OCH3 is 2. The first-order valence-electron chi connectivity index (χ1n) is 24.9. The normalized spacial score (nSPS) is 37.7. The molecule has 69 heavy (non-hydrogen) atoms. The van der Waals surface area contributed by atoms with Gasteiger partial charge in [0.15, 0.2) is 12.1 Å². The molecule has 0 amide bonds. The molecule has 5 rings (SSSR count). The standard InChI is InChI=1S/C51H82N4O14/c1-10-41-36(28-64-42-17-16-40(57)49(61-8)50(42)62-9)25-31(2)14-15-39(56)32(3)26-35-19-23-63-29-38(54-66-24-22-52-21-18-37-13-11-12-20-53-37)30-65-43(27-44(58)68-41)33(4)48(35)69-51-47(60)45(55(6)7)46(59)34(5)67-51/h11-15,20,25,32-36,40-43,45-52,57,59-60H,10,16-19,21-24,26-30H2,1-9H3/b15-14+,31-25+,54-38+/t32-,33+,34-,35?,36-,40-,41-,42-,43-,45+,46-,47-,48-,49-,50+,51+/m1/s1. The van der Waals surface area contributed by atoms with Gasteiger partial charge in [0.1, 0.15) is 36.7 Å². The molecule has 0 aromatic carbocycles. The summed E-state index contributed by atoms with van der Waals surface area (Å²) in [6.07, 6.45) is 1.60. The number of carbonyl (C=O) groups excluding carboxylic acids is 2. The van der Waals surface area contributed by atoms with Crippen molar-refractivity contribution in [3.63, 3.8) is 0 Å². The van der Waals surface area contributed by atoms with Gasteiger partial charge >= 0.3 is 5.97 Å². The van der Waals surface area contributed by atoms with Crippen LogP contribution in [0.1, 0.15) is 78.8 Å². The summed E-state index contributed by atoms with van der Waals surface area (Å²) in [6, 6.07) is 5.14. The van der Waals surface area contributed by atoms with Crippen LogP contribution in [0.15, 0.2) is 53.4 Å². The number of fused-ring (bicyclic) bond motifs is 3. The van der Waals surface area contributed by atoms with Crippen LogP contribution in [0.3, 0.4) is 0 Å². The molecule has 4 N–H and O–H groups in total. The highest BCUT2D eigenvalue weighted by molar-refractivity contribution is 5.91. The topological polar surface area (TPSA) is 218 Å². The lowest BCUT2D eigenvalue weighted by atomic mass is 9.79. The van der Waals surface area contributed by atoms with Crippen LogP contribution in [0.2, 0.25) is 0 Å². The molecule has 1 aromatic heterocycles. The Morgan fingerprint density at radius 3 is 2.45 bits per heavy atom. The predicted molar refractivity (Wildman–Crippen MR) is 257 cm³/mol. The number of rotatable bonds is 16. The minimum atomic E-state index is -1.24. The Hall–Kier alpha value is -3.24. The number of hydrogen-bond acceptors (Lipinski definition) is 18. The second kappa shape index (κ2) is 28.7. The fraction of sp³-hybridized carbons (Fsp3) is 0.765. The number of hydrogen-bond donors (Lipinski definition) is 4. The number of likely N-dealkylation sites (N-methyl/N-ethyl adjacent to an activating group) is 1. The highest BCUT2D eigenvalue weighted by Crippen LogP contribution is 2.36. The fourth-order valence-corrected chi connectivity index (χ4v) is 9.99. The molecule has 3 aliphatic heterocycles. The number of ketones is 1. The van der Waals surface area contributed by atoms with E-state index in [0.29, 0.717) is 51.0 Å². The summed E-state index contributed by atoms with van der Waals surface area (Å²) < 4.78 is 50.3. The van der Waals surface area contributed by atoms with Gasteiger partial charge in [0.05, 0.1) is 68.9 Å². The van der Waals surface area contributed by atoms with Crippen molar-refractivity contribution in [2.45, 2.75) is 153 Å². The Morgan fingerprint density at radius 2 is 1.74 bits per heavy atom. The second-order valence-corrected chi connectivity index (χ2v) is 19.4. The monoisotopic (exact) mass is 975 g/mol. The molecule has 1 unspecified atom stereocenters. The van der Waals surface area contributed by atoms with E-state index >= 15 is 0 Å². The molecular formula is C51H82N4O14. The van der Waals surface area contributed by atoms with E-state index in [0.717, 1.165) is 24.2 Å². The molecule has 18 nitrogen and oxygen atoms in total. The second-order valence-electron chi connectivity index (χ2n) is 19.4. The predicted octanol–water partition coefficient (Wildman–Crippen LogP) is 3.44. The number of aliphatic hydroxyl groups excluding tert-OH is 3. The van der Waals surface area contributed by atoms with Crippen molar-refractivity contribution in [2.75, 3.05) is 74.4 Å². The van der Waals surface area contributed by atoms with Gasteiger partial charge in [0.25, 0.3) is 0 Å². The third-order valence-electron chi connectivity index (χ3n) is 14.0. The van der Waals surface area contributed by atoms with Crippen LogP contribution in [0.5, 0.6) is 0 Å². The Bertz CT molecular complexity index is 1790. The highest BCUT2D eigenvalue weighted by Gasteiger charge is 2.48. The van der Waals surface area contributed by atoms with Crippen molar-refractivity contribution in [3.8, 4) is 0 Å². The summed E-state index contributed by atoms with van der Waals surface area (Å²) in [5.74, 6) is -2.36. The molecule has 4 aliphatic rings. The average molecular weight is 975 g/mol. The van der Waals surface area contributed by atoms with Gasteiger partial charge in [-0.25, -0.2) is 0 Å². The van der Waals surface area contributed by atoms with E-state index < -0.39 is 97.1 Å². The largest absolute Gasteiger partial charge is 0.462 e. The molecule has 18 heteroatoms. The first kappa shape index (κ1) is 56.7. The molecule has 0 spiro atoms. The number of aliphatic hydroxyl groups is 3. The summed E-state index contributed by atoms with van der Waals surface area (Å²) in [5.41, 5.74) is 2.27. The number of nitrogens with zero attached hydrogens (tertiary/aromatic N) is 3. The minimum Gasteiger partial charge on any atom is -0.462 e. The van der Waals surface area contributed by atoms with Gasteiger partial charge < -0.3 is 68.3 Å². The molecule has 16 atom stereocenters. The van der Waals surface area contributed by atoms with Crippen LogP contribution < -0.4 is 5.32 Å². The quantitative estimate of drug-likeness (QED) is 0.106. The van der Waals surface area contributed by atoms with Gasteiger partial charge in [-0.3, -0.25) is 14.6 Å². The summed E-state index contributed by atoms with van der Waals surface area (Å²) in [4.78, 5) is 40.3. The van der Waals surface area contributed by atoms with Crippen LogP contribution in [0.25, 0.3) is 0 Å². The lowest BCUT2D eigenvalue weighted by molar-refractivity contribution is -0.305. The Balaban J connectivity index is 1.44. The van der Waals surface area contributed by atoms with Gasteiger partial charge in [-0.1, -0.05) is 49.7 Å². The molecule has 2 bridgehead atoms. The van der Waals surface area contributed by atoms with Crippen molar-refractivity contribution in [1.82, 2.24) is 15.2 Å². The maximum Gasteiger partial charge on any atom is 0.308 e. The van der Waals surface area contributed by atoms with Crippen LogP contribution in [0.4, 0.5) is 0 Å². The Morgan fingerprint density at radius 1 is 0.957 bits per heavy atom. The van der Waals surface area contributed by atoms with E-state index in [1.54, 1.807) is 51.4 Å². The molecular weight excluding hydrogens is 893 g/mol. The maximum atomic E-state index is 14.4. The molecule has 2 saturated heterocycles. The van der Waals surface area contributed by atoms with E-state index in [1.807, 2.05) is 52.0 Å². The van der Waals surface area contributed by atoms with Gasteiger partial charge in [-0.15, -0.1) is 0 Å². The van der Waals surface area contributed by atoms with Crippen molar-refractivity contribution in [2.24, 2.45) is 28.8 Å². The third-order valence-corrected chi connectivity index (χ3v) is 14.0. The number of cyclic esters (lactones) is 1.